The average molecular weight is 718 g/mol. The van der Waals surface area contributed by atoms with Gasteiger partial charge in [-0.05, 0) is 111 Å². The maximum absolute atomic E-state index is 4.56. The van der Waals surface area contributed by atoms with Gasteiger partial charge in [0.1, 0.15) is 0 Å². The summed E-state index contributed by atoms with van der Waals surface area (Å²) in [6, 6.07) is 69.2. The summed E-state index contributed by atoms with van der Waals surface area (Å²) < 4.78 is 0. The first-order chi connectivity index (χ1) is 27.7. The first kappa shape index (κ1) is 34.5. The molecule has 9 rings (SSSR count). The third kappa shape index (κ3) is 7.57. The van der Waals surface area contributed by atoms with Crippen LogP contribution in [0.15, 0.2) is 213 Å². The number of rotatable bonds is 10. The number of hydrogen-bond acceptors (Lipinski definition) is 3. The van der Waals surface area contributed by atoms with Crippen LogP contribution in [-0.2, 0) is 12.8 Å². The summed E-state index contributed by atoms with van der Waals surface area (Å²) in [6.07, 6.45) is 7.37. The molecule has 0 saturated heterocycles. The molecule has 3 heteroatoms. The van der Waals surface area contributed by atoms with Crippen LogP contribution in [0, 0.1) is 0 Å². The largest absolute Gasteiger partial charge is 0.256 e. The average Bonchev–Trinajstić information content (AvgIpc) is 3.29. The van der Waals surface area contributed by atoms with E-state index in [0.717, 1.165) is 46.6 Å². The van der Waals surface area contributed by atoms with Crippen molar-refractivity contribution < 1.29 is 0 Å². The van der Waals surface area contributed by atoms with Gasteiger partial charge in [-0.3, -0.25) is 15.0 Å². The van der Waals surface area contributed by atoms with Gasteiger partial charge >= 0.3 is 0 Å². The fourth-order valence-electron chi connectivity index (χ4n) is 7.49. The van der Waals surface area contributed by atoms with Crippen LogP contribution in [0.2, 0.25) is 0 Å². The highest BCUT2D eigenvalue weighted by Crippen LogP contribution is 2.39. The third-order valence-corrected chi connectivity index (χ3v) is 10.4. The predicted molar refractivity (Wildman–Crippen MR) is 232 cm³/mol. The quantitative estimate of drug-likeness (QED) is 0.141. The zero-order valence-corrected chi connectivity index (χ0v) is 31.0. The van der Waals surface area contributed by atoms with Gasteiger partial charge < -0.3 is 0 Å². The minimum absolute atomic E-state index is 0.908. The maximum atomic E-state index is 4.56. The summed E-state index contributed by atoms with van der Waals surface area (Å²) in [5, 5.41) is 0. The second-order valence-electron chi connectivity index (χ2n) is 14.0. The lowest BCUT2D eigenvalue weighted by Gasteiger charge is -2.17. The minimum Gasteiger partial charge on any atom is -0.256 e. The molecular weight excluding hydrogens is 679 g/mol. The number of benzene rings is 6. The molecule has 6 aromatic carbocycles. The van der Waals surface area contributed by atoms with Crippen LogP contribution in [0.1, 0.15) is 11.1 Å². The van der Waals surface area contributed by atoms with Gasteiger partial charge in [0, 0.05) is 35.3 Å². The topological polar surface area (TPSA) is 38.7 Å². The van der Waals surface area contributed by atoms with Crippen LogP contribution in [0.4, 0.5) is 0 Å². The standard InChI is InChI=1S/C53H39N3/c1-3-13-49(47(11-1)40-24-28-43(29-25-40)52-16-6-9-33-55-52)45-35-39(19-18-38-20-22-42(23-21-38)51-15-5-8-32-54-51)36-46(37-45)50-14-4-2-12-48(50)41-26-30-44(31-27-41)53-17-7-10-34-56-53/h1-17,20-37H,18-19H2. The number of nitrogens with zero attached hydrogens (tertiary/aromatic N) is 3. The van der Waals surface area contributed by atoms with Crippen LogP contribution >= 0.6 is 0 Å². The van der Waals surface area contributed by atoms with E-state index in [1.165, 1.54) is 55.6 Å². The Bertz CT molecular complexity index is 2540. The van der Waals surface area contributed by atoms with E-state index in [2.05, 4.69) is 173 Å². The van der Waals surface area contributed by atoms with Crippen LogP contribution in [0.25, 0.3) is 78.3 Å². The molecule has 3 aromatic heterocycles. The normalized spacial score (nSPS) is 11.0. The number of hydrogen-bond donors (Lipinski definition) is 0. The molecule has 0 aliphatic carbocycles. The summed E-state index contributed by atoms with van der Waals surface area (Å²) in [7, 11) is 0. The fourth-order valence-corrected chi connectivity index (χ4v) is 7.49. The zero-order valence-electron chi connectivity index (χ0n) is 31.0. The Balaban J connectivity index is 1.10. The van der Waals surface area contributed by atoms with Gasteiger partial charge in [-0.15, -0.1) is 0 Å². The molecule has 0 N–H and O–H groups in total. The van der Waals surface area contributed by atoms with Gasteiger partial charge in [-0.2, -0.15) is 0 Å². The molecule has 0 unspecified atom stereocenters. The van der Waals surface area contributed by atoms with E-state index >= 15 is 0 Å². The SMILES string of the molecule is c1ccc(-c2ccc(CCc3cc(-c4ccccc4-c4ccc(-c5ccccn5)cc4)cc(-c4ccccc4-c4ccc(-c5ccccn5)cc4)c3)cc2)nc1. The lowest BCUT2D eigenvalue weighted by atomic mass is 9.87. The molecule has 0 spiro atoms. The Morgan fingerprint density at radius 3 is 0.946 bits per heavy atom. The first-order valence-electron chi connectivity index (χ1n) is 19.1. The van der Waals surface area contributed by atoms with Crippen molar-refractivity contribution in [3.8, 4) is 78.3 Å². The molecule has 0 aliphatic heterocycles. The molecule has 3 nitrogen and oxygen atoms in total. The summed E-state index contributed by atoms with van der Waals surface area (Å²) in [5.74, 6) is 0. The zero-order chi connectivity index (χ0) is 37.5. The molecule has 0 atom stereocenters. The second-order valence-corrected chi connectivity index (χ2v) is 14.0. The van der Waals surface area contributed by atoms with Crippen molar-refractivity contribution in [1.82, 2.24) is 15.0 Å². The third-order valence-electron chi connectivity index (χ3n) is 10.4. The molecule has 9 aromatic rings. The minimum atomic E-state index is 0.908. The lowest BCUT2D eigenvalue weighted by Crippen LogP contribution is -1.95. The van der Waals surface area contributed by atoms with Gasteiger partial charge in [-0.25, -0.2) is 0 Å². The van der Waals surface area contributed by atoms with Gasteiger partial charge in [0.05, 0.1) is 17.1 Å². The monoisotopic (exact) mass is 717 g/mol. The van der Waals surface area contributed by atoms with Crippen molar-refractivity contribution >= 4 is 0 Å². The summed E-state index contributed by atoms with van der Waals surface area (Å²) in [6.45, 7) is 0. The smallest absolute Gasteiger partial charge is 0.0701 e. The molecule has 0 saturated carbocycles. The van der Waals surface area contributed by atoms with Crippen molar-refractivity contribution in [2.24, 2.45) is 0 Å². The molecule has 3 heterocycles. The Morgan fingerprint density at radius 1 is 0.250 bits per heavy atom. The lowest BCUT2D eigenvalue weighted by molar-refractivity contribution is 0.961. The highest BCUT2D eigenvalue weighted by Gasteiger charge is 2.14. The molecule has 0 aliphatic rings. The van der Waals surface area contributed by atoms with E-state index in [1.54, 1.807) is 0 Å². The summed E-state index contributed by atoms with van der Waals surface area (Å²) >= 11 is 0. The van der Waals surface area contributed by atoms with Crippen molar-refractivity contribution in [1.29, 1.82) is 0 Å². The number of aryl methyl sites for hydroxylation is 2. The molecule has 56 heavy (non-hydrogen) atoms. The molecule has 0 bridgehead atoms. The van der Waals surface area contributed by atoms with Gasteiger partial charge in [0.2, 0.25) is 0 Å². The second kappa shape index (κ2) is 16.0. The van der Waals surface area contributed by atoms with Crippen LogP contribution < -0.4 is 0 Å². The van der Waals surface area contributed by atoms with E-state index in [-0.39, 0.29) is 0 Å². The molecule has 0 amide bonds. The van der Waals surface area contributed by atoms with E-state index in [1.807, 2.05) is 55.0 Å². The number of pyridine rings is 3. The number of aromatic nitrogens is 3. The first-order valence-corrected chi connectivity index (χ1v) is 19.1. The highest BCUT2D eigenvalue weighted by molar-refractivity contribution is 5.90. The molecule has 266 valence electrons. The maximum Gasteiger partial charge on any atom is 0.0701 e. The fraction of sp³-hybridized carbons (Fsp3) is 0.0377. The van der Waals surface area contributed by atoms with Gasteiger partial charge in [-0.1, -0.05) is 152 Å². The predicted octanol–water partition coefficient (Wildman–Crippen LogP) is 13.3. The highest BCUT2D eigenvalue weighted by atomic mass is 14.7. The Kier molecular flexibility index (Phi) is 9.88. The molecule has 0 fully saturated rings. The van der Waals surface area contributed by atoms with Gasteiger partial charge in [0.15, 0.2) is 0 Å². The van der Waals surface area contributed by atoms with Crippen molar-refractivity contribution in [2.75, 3.05) is 0 Å². The van der Waals surface area contributed by atoms with Gasteiger partial charge in [0.25, 0.3) is 0 Å². The van der Waals surface area contributed by atoms with Crippen LogP contribution in [0.5, 0.6) is 0 Å². The Morgan fingerprint density at radius 2 is 0.571 bits per heavy atom. The summed E-state index contributed by atoms with van der Waals surface area (Å²) in [5.41, 5.74) is 18.5. The van der Waals surface area contributed by atoms with Crippen LogP contribution in [0.3, 0.4) is 0 Å². The Hall–Kier alpha value is -7.23. The van der Waals surface area contributed by atoms with E-state index in [0.29, 0.717) is 0 Å². The van der Waals surface area contributed by atoms with Crippen molar-refractivity contribution in [2.45, 2.75) is 12.8 Å². The van der Waals surface area contributed by atoms with Crippen molar-refractivity contribution in [3.05, 3.63) is 224 Å². The van der Waals surface area contributed by atoms with Crippen LogP contribution in [-0.4, -0.2) is 15.0 Å². The summed E-state index contributed by atoms with van der Waals surface area (Å²) in [4.78, 5) is 13.7. The molecular formula is C53H39N3. The van der Waals surface area contributed by atoms with E-state index in [4.69, 9.17) is 0 Å². The van der Waals surface area contributed by atoms with E-state index < -0.39 is 0 Å². The molecule has 0 radical (unpaired) electrons. The Labute approximate surface area is 328 Å². The van der Waals surface area contributed by atoms with E-state index in [9.17, 15) is 0 Å². The van der Waals surface area contributed by atoms with Crippen molar-refractivity contribution in [3.63, 3.8) is 0 Å².